The summed E-state index contributed by atoms with van der Waals surface area (Å²) in [6.07, 6.45) is 3.89. The van der Waals surface area contributed by atoms with Crippen molar-refractivity contribution in [1.82, 2.24) is 9.80 Å². The second-order valence-corrected chi connectivity index (χ2v) is 8.51. The van der Waals surface area contributed by atoms with Gasteiger partial charge in [-0.25, -0.2) is 4.79 Å². The van der Waals surface area contributed by atoms with Crippen LogP contribution < -0.4 is 4.74 Å². The van der Waals surface area contributed by atoms with E-state index in [1.165, 1.54) is 5.56 Å². The number of carbonyl (C=O) groups excluding carboxylic acids is 1. The largest absolute Gasteiger partial charge is 0.490 e. The van der Waals surface area contributed by atoms with E-state index in [2.05, 4.69) is 35.2 Å². The van der Waals surface area contributed by atoms with Gasteiger partial charge in [-0.15, -0.1) is 0 Å². The number of hydrogen-bond acceptors (Lipinski definition) is 4. The molecule has 1 fully saturated rings. The van der Waals surface area contributed by atoms with E-state index in [4.69, 9.17) is 9.47 Å². The Bertz CT molecular complexity index is 818. The summed E-state index contributed by atoms with van der Waals surface area (Å²) in [5.41, 5.74) is 1.99. The van der Waals surface area contributed by atoms with Gasteiger partial charge in [0.2, 0.25) is 0 Å². The molecule has 5 heteroatoms. The van der Waals surface area contributed by atoms with Gasteiger partial charge in [-0.05, 0) is 50.1 Å². The van der Waals surface area contributed by atoms with Crippen LogP contribution in [0.4, 0.5) is 4.79 Å². The lowest BCUT2D eigenvalue weighted by Crippen LogP contribution is -2.49. The lowest BCUT2D eigenvalue weighted by Gasteiger charge is -2.35. The minimum atomic E-state index is -0.446. The predicted molar refractivity (Wildman–Crippen MR) is 120 cm³/mol. The minimum absolute atomic E-state index is 0.213. The molecule has 0 radical (unpaired) electrons. The Morgan fingerprint density at radius 3 is 2.27 bits per heavy atom. The number of benzene rings is 2. The standard InChI is InChI=1S/C25H32N2O3/c1-25(2,3)30-24(28)27-17-15-26(16-18-27)20-22-13-11-21(12-14-22)8-7-19-29-23-9-5-4-6-10-23/h4-14H,15-20H2,1-3H3/b8-7+. The number of amides is 1. The molecule has 0 unspecified atom stereocenters. The molecule has 2 aromatic rings. The highest BCUT2D eigenvalue weighted by Crippen LogP contribution is 2.14. The summed E-state index contributed by atoms with van der Waals surface area (Å²) < 4.78 is 11.1. The van der Waals surface area contributed by atoms with Crippen molar-refractivity contribution in [2.75, 3.05) is 32.8 Å². The fraction of sp³-hybridized carbons (Fsp3) is 0.400. The van der Waals surface area contributed by atoms with E-state index in [1.807, 2.05) is 57.2 Å². The number of ether oxygens (including phenoxy) is 2. The third-order valence-corrected chi connectivity index (χ3v) is 4.81. The van der Waals surface area contributed by atoms with Crippen molar-refractivity contribution in [3.8, 4) is 5.75 Å². The molecule has 0 atom stereocenters. The third-order valence-electron chi connectivity index (χ3n) is 4.81. The summed E-state index contributed by atoms with van der Waals surface area (Å²) >= 11 is 0. The molecule has 5 nitrogen and oxygen atoms in total. The van der Waals surface area contributed by atoms with Gasteiger partial charge in [0, 0.05) is 32.7 Å². The monoisotopic (exact) mass is 408 g/mol. The number of piperazine rings is 1. The van der Waals surface area contributed by atoms with Crippen molar-refractivity contribution in [2.45, 2.75) is 32.9 Å². The molecule has 1 saturated heterocycles. The molecule has 0 N–H and O–H groups in total. The van der Waals surface area contributed by atoms with Gasteiger partial charge < -0.3 is 14.4 Å². The van der Waals surface area contributed by atoms with Crippen LogP contribution in [-0.2, 0) is 11.3 Å². The van der Waals surface area contributed by atoms with Crippen LogP contribution in [-0.4, -0.2) is 54.3 Å². The zero-order valence-corrected chi connectivity index (χ0v) is 18.2. The van der Waals surface area contributed by atoms with Crippen LogP contribution in [0.3, 0.4) is 0 Å². The highest BCUT2D eigenvalue weighted by Gasteiger charge is 2.25. The van der Waals surface area contributed by atoms with E-state index in [1.54, 1.807) is 4.90 Å². The van der Waals surface area contributed by atoms with Crippen LogP contribution in [0.25, 0.3) is 6.08 Å². The van der Waals surface area contributed by atoms with Gasteiger partial charge in [-0.2, -0.15) is 0 Å². The van der Waals surface area contributed by atoms with Gasteiger partial charge in [0.25, 0.3) is 0 Å². The molecular formula is C25H32N2O3. The van der Waals surface area contributed by atoms with Crippen LogP contribution in [0.15, 0.2) is 60.7 Å². The fourth-order valence-electron chi connectivity index (χ4n) is 3.25. The molecule has 1 amide bonds. The average molecular weight is 409 g/mol. The summed E-state index contributed by atoms with van der Waals surface area (Å²) in [6, 6.07) is 18.4. The van der Waals surface area contributed by atoms with Gasteiger partial charge in [0.05, 0.1) is 0 Å². The lowest BCUT2D eigenvalue weighted by atomic mass is 10.1. The molecule has 3 rings (SSSR count). The van der Waals surface area contributed by atoms with Crippen LogP contribution in [0.5, 0.6) is 5.75 Å². The molecule has 2 aromatic carbocycles. The first-order valence-electron chi connectivity index (χ1n) is 10.5. The van der Waals surface area contributed by atoms with E-state index in [-0.39, 0.29) is 6.09 Å². The first kappa shape index (κ1) is 21.9. The predicted octanol–water partition coefficient (Wildman–Crippen LogP) is 4.83. The van der Waals surface area contributed by atoms with E-state index in [0.717, 1.165) is 30.9 Å². The number of nitrogens with zero attached hydrogens (tertiary/aromatic N) is 2. The molecule has 160 valence electrons. The van der Waals surface area contributed by atoms with Crippen LogP contribution in [0.2, 0.25) is 0 Å². The normalized spacial score (nSPS) is 15.4. The highest BCUT2D eigenvalue weighted by atomic mass is 16.6. The van der Waals surface area contributed by atoms with Gasteiger partial charge in [-0.1, -0.05) is 48.5 Å². The second-order valence-electron chi connectivity index (χ2n) is 8.51. The Morgan fingerprint density at radius 1 is 0.967 bits per heavy atom. The summed E-state index contributed by atoms with van der Waals surface area (Å²) in [7, 11) is 0. The fourth-order valence-corrected chi connectivity index (χ4v) is 3.25. The molecule has 0 spiro atoms. The molecule has 0 saturated carbocycles. The topological polar surface area (TPSA) is 42.0 Å². The van der Waals surface area contributed by atoms with Crippen molar-refractivity contribution in [1.29, 1.82) is 0 Å². The molecule has 1 aliphatic rings. The smallest absolute Gasteiger partial charge is 0.410 e. The van der Waals surface area contributed by atoms with E-state index in [9.17, 15) is 4.79 Å². The Kier molecular flexibility index (Phi) is 7.52. The van der Waals surface area contributed by atoms with Gasteiger partial charge in [0.15, 0.2) is 0 Å². The zero-order chi connectivity index (χ0) is 21.4. The highest BCUT2D eigenvalue weighted by molar-refractivity contribution is 5.68. The lowest BCUT2D eigenvalue weighted by molar-refractivity contribution is 0.0139. The van der Waals surface area contributed by atoms with Crippen LogP contribution >= 0.6 is 0 Å². The first-order chi connectivity index (χ1) is 14.4. The number of carbonyl (C=O) groups is 1. The number of para-hydroxylation sites is 1. The SMILES string of the molecule is CC(C)(C)OC(=O)N1CCN(Cc2ccc(/C=C/COc3ccccc3)cc2)CC1. The Balaban J connectivity index is 1.40. The van der Waals surface area contributed by atoms with Crippen molar-refractivity contribution >= 4 is 12.2 Å². The van der Waals surface area contributed by atoms with Gasteiger partial charge >= 0.3 is 6.09 Å². The molecular weight excluding hydrogens is 376 g/mol. The summed E-state index contributed by atoms with van der Waals surface area (Å²) in [5.74, 6) is 0.879. The maximum Gasteiger partial charge on any atom is 0.410 e. The summed E-state index contributed by atoms with van der Waals surface area (Å²) in [6.45, 7) is 10.3. The molecule has 0 bridgehead atoms. The maximum absolute atomic E-state index is 12.2. The quantitative estimate of drug-likeness (QED) is 0.686. The Labute approximate surface area is 179 Å². The number of hydrogen-bond donors (Lipinski definition) is 0. The maximum atomic E-state index is 12.2. The minimum Gasteiger partial charge on any atom is -0.490 e. The third kappa shape index (κ3) is 7.23. The van der Waals surface area contributed by atoms with Gasteiger partial charge in [0.1, 0.15) is 18.0 Å². The van der Waals surface area contributed by atoms with Crippen molar-refractivity contribution < 1.29 is 14.3 Å². The number of rotatable bonds is 6. The average Bonchev–Trinajstić information content (AvgIpc) is 2.72. The summed E-state index contributed by atoms with van der Waals surface area (Å²) in [4.78, 5) is 16.3. The Morgan fingerprint density at radius 2 is 1.63 bits per heavy atom. The molecule has 0 aliphatic carbocycles. The Hall–Kier alpha value is -2.79. The summed E-state index contributed by atoms with van der Waals surface area (Å²) in [5, 5.41) is 0. The molecule has 1 heterocycles. The second kappa shape index (κ2) is 10.3. The van der Waals surface area contributed by atoms with E-state index >= 15 is 0 Å². The van der Waals surface area contributed by atoms with E-state index < -0.39 is 5.60 Å². The van der Waals surface area contributed by atoms with Crippen molar-refractivity contribution in [2.24, 2.45) is 0 Å². The molecule has 1 aliphatic heterocycles. The molecule has 30 heavy (non-hydrogen) atoms. The van der Waals surface area contributed by atoms with Crippen molar-refractivity contribution in [3.05, 3.63) is 71.8 Å². The van der Waals surface area contributed by atoms with Crippen LogP contribution in [0, 0.1) is 0 Å². The van der Waals surface area contributed by atoms with Crippen molar-refractivity contribution in [3.63, 3.8) is 0 Å². The van der Waals surface area contributed by atoms with Crippen LogP contribution in [0.1, 0.15) is 31.9 Å². The first-order valence-corrected chi connectivity index (χ1v) is 10.5. The van der Waals surface area contributed by atoms with Gasteiger partial charge in [-0.3, -0.25) is 4.90 Å². The molecule has 0 aromatic heterocycles. The zero-order valence-electron chi connectivity index (χ0n) is 18.2. The van der Waals surface area contributed by atoms with E-state index in [0.29, 0.717) is 19.7 Å².